The standard InChI is InChI=1S/C21H18FN3/c1-25-12-10-20(15-4-7-18(22)8-5-15)19-9-6-16(13-17(19)14-25)21-3-2-11-23-24-21/h2-11,13H,12,14H2,1H3. The molecule has 0 bridgehead atoms. The maximum Gasteiger partial charge on any atom is 0.123 e. The van der Waals surface area contributed by atoms with Gasteiger partial charge >= 0.3 is 0 Å². The van der Waals surface area contributed by atoms with Crippen LogP contribution in [-0.4, -0.2) is 28.7 Å². The highest BCUT2D eigenvalue weighted by molar-refractivity contribution is 5.83. The van der Waals surface area contributed by atoms with Gasteiger partial charge in [-0.3, -0.25) is 4.90 Å². The van der Waals surface area contributed by atoms with Gasteiger partial charge in [-0.2, -0.15) is 10.2 Å². The summed E-state index contributed by atoms with van der Waals surface area (Å²) in [5.41, 5.74) is 6.52. The van der Waals surface area contributed by atoms with Crippen molar-refractivity contribution < 1.29 is 4.39 Å². The minimum absolute atomic E-state index is 0.215. The second kappa shape index (κ2) is 6.57. The van der Waals surface area contributed by atoms with Crippen molar-refractivity contribution in [2.24, 2.45) is 0 Å². The predicted molar refractivity (Wildman–Crippen MR) is 97.3 cm³/mol. The van der Waals surface area contributed by atoms with Gasteiger partial charge in [0.1, 0.15) is 5.82 Å². The van der Waals surface area contributed by atoms with Crippen LogP contribution in [0, 0.1) is 5.82 Å². The first-order valence-corrected chi connectivity index (χ1v) is 8.27. The molecule has 2 aromatic carbocycles. The monoisotopic (exact) mass is 331 g/mol. The van der Waals surface area contributed by atoms with E-state index in [9.17, 15) is 4.39 Å². The zero-order valence-electron chi connectivity index (χ0n) is 14.0. The summed E-state index contributed by atoms with van der Waals surface area (Å²) in [5, 5.41) is 8.18. The topological polar surface area (TPSA) is 29.0 Å². The Bertz CT molecular complexity index is 918. The maximum absolute atomic E-state index is 13.3. The number of aromatic nitrogens is 2. The molecule has 0 spiro atoms. The molecule has 0 saturated carbocycles. The van der Waals surface area contributed by atoms with Crippen LogP contribution in [0.1, 0.15) is 16.7 Å². The first-order chi connectivity index (χ1) is 12.2. The molecule has 4 heteroatoms. The van der Waals surface area contributed by atoms with Crippen LogP contribution in [0.2, 0.25) is 0 Å². The SMILES string of the molecule is CN1CC=C(c2ccc(F)cc2)c2ccc(-c3cccnn3)cc2C1. The largest absolute Gasteiger partial charge is 0.298 e. The van der Waals surface area contributed by atoms with Gasteiger partial charge in [0, 0.05) is 24.8 Å². The number of fused-ring (bicyclic) bond motifs is 1. The molecule has 0 N–H and O–H groups in total. The normalized spacial score (nSPS) is 14.6. The van der Waals surface area contributed by atoms with Crippen molar-refractivity contribution >= 4 is 5.57 Å². The molecule has 3 nitrogen and oxygen atoms in total. The Hall–Kier alpha value is -2.85. The molecule has 124 valence electrons. The van der Waals surface area contributed by atoms with Crippen molar-refractivity contribution in [2.45, 2.75) is 6.54 Å². The van der Waals surface area contributed by atoms with Crippen molar-refractivity contribution in [2.75, 3.05) is 13.6 Å². The van der Waals surface area contributed by atoms with Gasteiger partial charge in [0.25, 0.3) is 0 Å². The number of likely N-dealkylation sites (N-methyl/N-ethyl adjacent to an activating group) is 1. The summed E-state index contributed by atoms with van der Waals surface area (Å²) < 4.78 is 13.3. The van der Waals surface area contributed by atoms with Gasteiger partial charge in [-0.1, -0.05) is 30.3 Å². The highest BCUT2D eigenvalue weighted by Gasteiger charge is 2.16. The molecule has 3 aromatic rings. The van der Waals surface area contributed by atoms with Gasteiger partial charge in [-0.25, -0.2) is 4.39 Å². The van der Waals surface area contributed by atoms with E-state index < -0.39 is 0 Å². The lowest BCUT2D eigenvalue weighted by molar-refractivity contribution is 0.366. The average molecular weight is 331 g/mol. The minimum Gasteiger partial charge on any atom is -0.298 e. The van der Waals surface area contributed by atoms with Crippen LogP contribution in [0.4, 0.5) is 4.39 Å². The van der Waals surface area contributed by atoms with Crippen molar-refractivity contribution in [3.8, 4) is 11.3 Å². The molecule has 0 radical (unpaired) electrons. The molecule has 2 heterocycles. The van der Waals surface area contributed by atoms with Gasteiger partial charge in [0.2, 0.25) is 0 Å². The second-order valence-corrected chi connectivity index (χ2v) is 6.30. The Morgan fingerprint density at radius 3 is 2.56 bits per heavy atom. The van der Waals surface area contributed by atoms with Crippen LogP contribution in [0.5, 0.6) is 0 Å². The Kier molecular flexibility index (Phi) is 4.12. The third-order valence-electron chi connectivity index (χ3n) is 4.47. The van der Waals surface area contributed by atoms with Crippen molar-refractivity contribution in [1.29, 1.82) is 0 Å². The lowest BCUT2D eigenvalue weighted by atomic mass is 9.92. The van der Waals surface area contributed by atoms with Crippen LogP contribution in [0.25, 0.3) is 16.8 Å². The highest BCUT2D eigenvalue weighted by Crippen LogP contribution is 2.32. The smallest absolute Gasteiger partial charge is 0.123 e. The zero-order valence-corrected chi connectivity index (χ0v) is 14.0. The van der Waals surface area contributed by atoms with Crippen molar-refractivity contribution in [3.05, 3.63) is 89.4 Å². The minimum atomic E-state index is -0.215. The van der Waals surface area contributed by atoms with Gasteiger partial charge < -0.3 is 0 Å². The fourth-order valence-corrected chi connectivity index (χ4v) is 3.22. The summed E-state index contributed by atoms with van der Waals surface area (Å²) >= 11 is 0. The molecule has 0 fully saturated rings. The molecule has 0 atom stereocenters. The number of hydrogen-bond donors (Lipinski definition) is 0. The quantitative estimate of drug-likeness (QED) is 0.706. The lowest BCUT2D eigenvalue weighted by Gasteiger charge is -2.15. The molecule has 0 amide bonds. The summed E-state index contributed by atoms with van der Waals surface area (Å²) in [6.45, 7) is 1.70. The molecule has 1 aliphatic heterocycles. The number of rotatable bonds is 2. The molecule has 0 aliphatic carbocycles. The average Bonchev–Trinajstić information content (AvgIpc) is 2.81. The van der Waals surface area contributed by atoms with Crippen molar-refractivity contribution in [1.82, 2.24) is 15.1 Å². The van der Waals surface area contributed by atoms with E-state index in [1.807, 2.05) is 24.3 Å². The van der Waals surface area contributed by atoms with Gasteiger partial charge in [0.15, 0.2) is 0 Å². The van der Waals surface area contributed by atoms with E-state index in [-0.39, 0.29) is 5.82 Å². The second-order valence-electron chi connectivity index (χ2n) is 6.30. The summed E-state index contributed by atoms with van der Waals surface area (Å²) in [5.74, 6) is -0.215. The Balaban J connectivity index is 1.81. The molecule has 4 rings (SSSR count). The molecular weight excluding hydrogens is 313 g/mol. The number of halogens is 1. The van der Waals surface area contributed by atoms with Crippen LogP contribution < -0.4 is 0 Å². The van der Waals surface area contributed by atoms with E-state index >= 15 is 0 Å². The fourth-order valence-electron chi connectivity index (χ4n) is 3.22. The first kappa shape index (κ1) is 15.7. The molecule has 0 unspecified atom stereocenters. The molecule has 0 saturated heterocycles. The van der Waals surface area contributed by atoms with E-state index in [4.69, 9.17) is 0 Å². The van der Waals surface area contributed by atoms with Crippen LogP contribution in [0.15, 0.2) is 66.9 Å². The molecule has 25 heavy (non-hydrogen) atoms. The summed E-state index contributed by atoms with van der Waals surface area (Å²) in [6.07, 6.45) is 3.89. The van der Waals surface area contributed by atoms with Gasteiger partial charge in [-0.05, 0) is 59.6 Å². The summed E-state index contributed by atoms with van der Waals surface area (Å²) in [6, 6.07) is 16.9. The van der Waals surface area contributed by atoms with Crippen molar-refractivity contribution in [3.63, 3.8) is 0 Å². The summed E-state index contributed by atoms with van der Waals surface area (Å²) in [7, 11) is 2.10. The third-order valence-corrected chi connectivity index (χ3v) is 4.47. The summed E-state index contributed by atoms with van der Waals surface area (Å²) in [4.78, 5) is 2.26. The van der Waals surface area contributed by atoms with E-state index in [0.29, 0.717) is 0 Å². The van der Waals surface area contributed by atoms with Gasteiger partial charge in [-0.15, -0.1) is 0 Å². The van der Waals surface area contributed by atoms with E-state index in [0.717, 1.165) is 35.5 Å². The Morgan fingerprint density at radius 1 is 1.00 bits per heavy atom. The predicted octanol–water partition coefficient (Wildman–Crippen LogP) is 4.16. The van der Waals surface area contributed by atoms with E-state index in [1.165, 1.54) is 23.3 Å². The zero-order chi connectivity index (χ0) is 17.2. The number of hydrogen-bond acceptors (Lipinski definition) is 3. The molecule has 1 aromatic heterocycles. The molecular formula is C21H18FN3. The highest BCUT2D eigenvalue weighted by atomic mass is 19.1. The van der Waals surface area contributed by atoms with Crippen LogP contribution in [0.3, 0.4) is 0 Å². The fraction of sp³-hybridized carbons (Fsp3) is 0.143. The Morgan fingerprint density at radius 2 is 1.80 bits per heavy atom. The maximum atomic E-state index is 13.3. The van der Waals surface area contributed by atoms with Gasteiger partial charge in [0.05, 0.1) is 5.69 Å². The number of nitrogens with zero attached hydrogens (tertiary/aromatic N) is 3. The lowest BCUT2D eigenvalue weighted by Crippen LogP contribution is -2.16. The van der Waals surface area contributed by atoms with Crippen LogP contribution in [-0.2, 0) is 6.54 Å². The van der Waals surface area contributed by atoms with E-state index in [2.05, 4.69) is 46.4 Å². The first-order valence-electron chi connectivity index (χ1n) is 8.27. The molecule has 1 aliphatic rings. The van der Waals surface area contributed by atoms with Crippen LogP contribution >= 0.6 is 0 Å². The Labute approximate surface area is 146 Å². The van der Waals surface area contributed by atoms with E-state index in [1.54, 1.807) is 6.20 Å². The number of benzene rings is 2. The third kappa shape index (κ3) is 3.21.